The zero-order valence-corrected chi connectivity index (χ0v) is 13.0. The Hall–Kier alpha value is -3.19. The number of H-pyrrole nitrogens is 1. The first-order valence-electron chi connectivity index (χ1n) is 7.58. The second-order valence-electron chi connectivity index (χ2n) is 5.61. The normalized spacial score (nSPS) is 11.4. The molecule has 3 heterocycles. The van der Waals surface area contributed by atoms with E-state index in [1.54, 1.807) is 6.33 Å². The lowest BCUT2D eigenvalue weighted by Crippen LogP contribution is -2.02. The number of anilines is 1. The molecule has 7 heteroatoms. The Labute approximate surface area is 138 Å². The van der Waals surface area contributed by atoms with Crippen molar-refractivity contribution in [3.05, 3.63) is 54.3 Å². The number of nitrogens with one attached hydrogen (secondary N) is 1. The molecule has 0 aliphatic rings. The molecule has 24 heavy (non-hydrogen) atoms. The molecular weight excluding hydrogens is 302 g/mol. The van der Waals surface area contributed by atoms with E-state index in [4.69, 9.17) is 11.5 Å². The highest BCUT2D eigenvalue weighted by Gasteiger charge is 2.12. The number of rotatable bonds is 4. The summed E-state index contributed by atoms with van der Waals surface area (Å²) in [7, 11) is 0. The van der Waals surface area contributed by atoms with Crippen LogP contribution in [-0.2, 0) is 13.1 Å². The minimum atomic E-state index is 0.385. The third-order valence-corrected chi connectivity index (χ3v) is 4.18. The smallest absolute Gasteiger partial charge is 0.165 e. The van der Waals surface area contributed by atoms with Crippen molar-refractivity contribution in [1.82, 2.24) is 24.5 Å². The van der Waals surface area contributed by atoms with Gasteiger partial charge in [-0.1, -0.05) is 24.8 Å². The van der Waals surface area contributed by atoms with Gasteiger partial charge < -0.3 is 21.0 Å². The summed E-state index contributed by atoms with van der Waals surface area (Å²) in [5.74, 6) is 0.385. The second-order valence-corrected chi connectivity index (χ2v) is 5.61. The van der Waals surface area contributed by atoms with Crippen LogP contribution in [0, 0.1) is 0 Å². The first kappa shape index (κ1) is 14.4. The number of aromatic amines is 1. The fourth-order valence-electron chi connectivity index (χ4n) is 2.97. The standard InChI is InChI=1S/C17H17N7/c1-2-10-3-4-11(14-13(10)5-12(6-18)23-14)7-24-9-22-15-16(19)20-8-21-17(15)24/h2-5,8-9,23H,1,6-7,18H2,(H2,19,20,21). The zero-order chi connectivity index (χ0) is 16.7. The molecule has 7 nitrogen and oxygen atoms in total. The molecule has 0 unspecified atom stereocenters. The minimum Gasteiger partial charge on any atom is -0.382 e. The number of nitrogens with zero attached hydrogens (tertiary/aromatic N) is 4. The monoisotopic (exact) mass is 319 g/mol. The van der Waals surface area contributed by atoms with Gasteiger partial charge in [-0.25, -0.2) is 15.0 Å². The van der Waals surface area contributed by atoms with E-state index in [-0.39, 0.29) is 0 Å². The van der Waals surface area contributed by atoms with E-state index in [1.165, 1.54) is 6.33 Å². The summed E-state index contributed by atoms with van der Waals surface area (Å²) in [4.78, 5) is 16.0. The molecule has 0 radical (unpaired) electrons. The molecule has 0 saturated heterocycles. The number of nitrogens with two attached hydrogens (primary N) is 2. The summed E-state index contributed by atoms with van der Waals surface area (Å²) >= 11 is 0. The molecule has 5 N–H and O–H groups in total. The molecule has 0 amide bonds. The van der Waals surface area contributed by atoms with Gasteiger partial charge in [0.1, 0.15) is 11.8 Å². The summed E-state index contributed by atoms with van der Waals surface area (Å²) in [5, 5.41) is 1.11. The van der Waals surface area contributed by atoms with Crippen LogP contribution in [0.3, 0.4) is 0 Å². The molecule has 0 bridgehead atoms. The SMILES string of the molecule is C=Cc1ccc(Cn2cnc3c(N)ncnc32)c2[nH]c(CN)cc12. The maximum atomic E-state index is 5.85. The van der Waals surface area contributed by atoms with E-state index in [2.05, 4.69) is 44.7 Å². The first-order chi connectivity index (χ1) is 11.7. The lowest BCUT2D eigenvalue weighted by molar-refractivity contribution is 0.816. The van der Waals surface area contributed by atoms with Crippen LogP contribution in [0.15, 0.2) is 37.4 Å². The van der Waals surface area contributed by atoms with E-state index < -0.39 is 0 Å². The summed E-state index contributed by atoms with van der Waals surface area (Å²) < 4.78 is 1.96. The summed E-state index contributed by atoms with van der Waals surface area (Å²) in [6.45, 7) is 4.96. The number of aromatic nitrogens is 5. The number of nitrogen functional groups attached to an aromatic ring is 1. The fraction of sp³-hybridized carbons (Fsp3) is 0.118. The Morgan fingerprint density at radius 3 is 2.92 bits per heavy atom. The van der Waals surface area contributed by atoms with E-state index in [0.717, 1.165) is 27.7 Å². The Kier molecular flexibility index (Phi) is 3.28. The van der Waals surface area contributed by atoms with E-state index in [0.29, 0.717) is 30.1 Å². The van der Waals surface area contributed by atoms with Crippen LogP contribution >= 0.6 is 0 Å². The molecule has 0 aliphatic carbocycles. The maximum Gasteiger partial charge on any atom is 0.165 e. The predicted molar refractivity (Wildman–Crippen MR) is 95.1 cm³/mol. The number of hydrogen-bond acceptors (Lipinski definition) is 5. The first-order valence-corrected chi connectivity index (χ1v) is 7.58. The van der Waals surface area contributed by atoms with Crippen LogP contribution in [0.1, 0.15) is 16.8 Å². The van der Waals surface area contributed by atoms with Crippen LogP contribution in [0.4, 0.5) is 5.82 Å². The van der Waals surface area contributed by atoms with Gasteiger partial charge in [0.05, 0.1) is 18.4 Å². The van der Waals surface area contributed by atoms with Crippen molar-refractivity contribution in [2.24, 2.45) is 5.73 Å². The molecule has 0 aliphatic heterocycles. The zero-order valence-electron chi connectivity index (χ0n) is 13.0. The van der Waals surface area contributed by atoms with Crippen molar-refractivity contribution >= 4 is 34.0 Å². The van der Waals surface area contributed by atoms with E-state index >= 15 is 0 Å². The molecule has 4 rings (SSSR count). The fourth-order valence-corrected chi connectivity index (χ4v) is 2.97. The summed E-state index contributed by atoms with van der Waals surface area (Å²) in [6.07, 6.45) is 5.03. The highest BCUT2D eigenvalue weighted by molar-refractivity contribution is 5.91. The van der Waals surface area contributed by atoms with Gasteiger partial charge in [0.25, 0.3) is 0 Å². The summed E-state index contributed by atoms with van der Waals surface area (Å²) in [6, 6.07) is 6.20. The highest BCUT2D eigenvalue weighted by Crippen LogP contribution is 2.26. The largest absolute Gasteiger partial charge is 0.382 e. The minimum absolute atomic E-state index is 0.385. The Bertz CT molecular complexity index is 1060. The van der Waals surface area contributed by atoms with Crippen molar-refractivity contribution in [2.75, 3.05) is 5.73 Å². The molecule has 3 aromatic heterocycles. The maximum absolute atomic E-state index is 5.85. The van der Waals surface area contributed by atoms with E-state index in [9.17, 15) is 0 Å². The Morgan fingerprint density at radius 2 is 2.12 bits per heavy atom. The molecular formula is C17H17N7. The Morgan fingerprint density at radius 1 is 1.25 bits per heavy atom. The topological polar surface area (TPSA) is 111 Å². The van der Waals surface area contributed by atoms with Crippen molar-refractivity contribution in [3.63, 3.8) is 0 Å². The number of fused-ring (bicyclic) bond motifs is 2. The van der Waals surface area contributed by atoms with Crippen molar-refractivity contribution in [3.8, 4) is 0 Å². The highest BCUT2D eigenvalue weighted by atomic mass is 15.1. The van der Waals surface area contributed by atoms with Crippen LogP contribution in [0.25, 0.3) is 28.1 Å². The van der Waals surface area contributed by atoms with Gasteiger partial charge in [-0.05, 0) is 17.2 Å². The third kappa shape index (κ3) is 2.14. The predicted octanol–water partition coefficient (Wildman–Crippen LogP) is 2.04. The van der Waals surface area contributed by atoms with Crippen LogP contribution in [0.2, 0.25) is 0 Å². The van der Waals surface area contributed by atoms with Crippen LogP contribution in [-0.4, -0.2) is 24.5 Å². The molecule has 4 aromatic rings. The Balaban J connectivity index is 1.86. The average molecular weight is 319 g/mol. The van der Waals surface area contributed by atoms with Crippen molar-refractivity contribution in [1.29, 1.82) is 0 Å². The van der Waals surface area contributed by atoms with Crippen LogP contribution < -0.4 is 11.5 Å². The number of imidazole rings is 1. The average Bonchev–Trinajstić information content (AvgIpc) is 3.21. The van der Waals surface area contributed by atoms with Gasteiger partial charge in [0.15, 0.2) is 11.5 Å². The van der Waals surface area contributed by atoms with Gasteiger partial charge in [0.2, 0.25) is 0 Å². The van der Waals surface area contributed by atoms with Crippen molar-refractivity contribution in [2.45, 2.75) is 13.1 Å². The molecule has 0 saturated carbocycles. The van der Waals surface area contributed by atoms with Gasteiger partial charge in [-0.15, -0.1) is 0 Å². The molecule has 0 atom stereocenters. The van der Waals surface area contributed by atoms with Gasteiger partial charge in [-0.2, -0.15) is 0 Å². The lowest BCUT2D eigenvalue weighted by Gasteiger charge is -2.07. The van der Waals surface area contributed by atoms with Gasteiger partial charge >= 0.3 is 0 Å². The van der Waals surface area contributed by atoms with Crippen molar-refractivity contribution < 1.29 is 0 Å². The van der Waals surface area contributed by atoms with Crippen LogP contribution in [0.5, 0.6) is 0 Å². The molecule has 120 valence electrons. The lowest BCUT2D eigenvalue weighted by atomic mass is 10.1. The van der Waals surface area contributed by atoms with E-state index in [1.807, 2.05) is 10.6 Å². The number of benzene rings is 1. The second kappa shape index (κ2) is 5.47. The van der Waals surface area contributed by atoms with Gasteiger partial charge in [0, 0.05) is 17.6 Å². The third-order valence-electron chi connectivity index (χ3n) is 4.18. The molecule has 1 aromatic carbocycles. The molecule has 0 spiro atoms. The number of hydrogen-bond donors (Lipinski definition) is 3. The van der Waals surface area contributed by atoms with Gasteiger partial charge in [-0.3, -0.25) is 0 Å². The molecule has 0 fully saturated rings. The summed E-state index contributed by atoms with van der Waals surface area (Å²) in [5.41, 5.74) is 17.2. The quantitative estimate of drug-likeness (QED) is 0.533.